The molecule has 0 spiro atoms. The third-order valence-corrected chi connectivity index (χ3v) is 5.94. The van der Waals surface area contributed by atoms with Gasteiger partial charge in [0.15, 0.2) is 0 Å². The summed E-state index contributed by atoms with van der Waals surface area (Å²) in [6, 6.07) is 7.54. The Balaban J connectivity index is 1.64. The van der Waals surface area contributed by atoms with Crippen LogP contribution in [0.1, 0.15) is 57.8 Å². The van der Waals surface area contributed by atoms with Gasteiger partial charge in [-0.1, -0.05) is 24.3 Å². The molecule has 2 atom stereocenters. The first-order valence-corrected chi connectivity index (χ1v) is 10.8. The molecule has 0 aliphatic carbocycles. The fourth-order valence-electron chi connectivity index (χ4n) is 3.47. The van der Waals surface area contributed by atoms with Gasteiger partial charge in [-0.25, -0.2) is 9.78 Å². The standard InChI is InChI=1S/C22H29N3O3S/c1-14(16-8-10-17(11-9-16)19-15(2)23-13-29-19)24-20(26)18-7-6-12-25(18)21(27)28-22(3,4)5/h8-11,13-14,18H,6-7,12H2,1-5H3,(H,24,26). The van der Waals surface area contributed by atoms with E-state index in [-0.39, 0.29) is 11.9 Å². The lowest BCUT2D eigenvalue weighted by Gasteiger charge is -2.28. The highest BCUT2D eigenvalue weighted by Gasteiger charge is 2.37. The van der Waals surface area contributed by atoms with Gasteiger partial charge in [-0.15, -0.1) is 11.3 Å². The zero-order valence-electron chi connectivity index (χ0n) is 17.7. The Morgan fingerprint density at radius 1 is 1.28 bits per heavy atom. The summed E-state index contributed by atoms with van der Waals surface area (Å²) in [6.45, 7) is 9.99. The molecule has 156 valence electrons. The molecule has 1 aromatic heterocycles. The molecule has 1 aliphatic heterocycles. The van der Waals surface area contributed by atoms with Crippen molar-refractivity contribution < 1.29 is 14.3 Å². The van der Waals surface area contributed by atoms with Crippen LogP contribution >= 0.6 is 11.3 Å². The van der Waals surface area contributed by atoms with E-state index in [0.717, 1.165) is 28.1 Å². The second kappa shape index (κ2) is 8.53. The SMILES string of the molecule is Cc1ncsc1-c1ccc(C(C)NC(=O)C2CCCN2C(=O)OC(C)(C)C)cc1. The van der Waals surface area contributed by atoms with E-state index in [1.54, 1.807) is 16.2 Å². The van der Waals surface area contributed by atoms with Crippen molar-refractivity contribution >= 4 is 23.3 Å². The Morgan fingerprint density at radius 2 is 1.97 bits per heavy atom. The second-order valence-corrected chi connectivity index (χ2v) is 9.31. The van der Waals surface area contributed by atoms with E-state index in [1.807, 2.05) is 52.3 Å². The highest BCUT2D eigenvalue weighted by Crippen LogP contribution is 2.28. The van der Waals surface area contributed by atoms with Crippen LogP contribution in [0.25, 0.3) is 10.4 Å². The Morgan fingerprint density at radius 3 is 2.55 bits per heavy atom. The van der Waals surface area contributed by atoms with Gasteiger partial charge in [0.05, 0.1) is 22.1 Å². The number of amides is 2. The summed E-state index contributed by atoms with van der Waals surface area (Å²) in [6.07, 6.45) is 1.03. The van der Waals surface area contributed by atoms with Crippen molar-refractivity contribution in [3.63, 3.8) is 0 Å². The fraction of sp³-hybridized carbons (Fsp3) is 0.500. The van der Waals surface area contributed by atoms with Crippen molar-refractivity contribution in [2.45, 2.75) is 65.1 Å². The van der Waals surface area contributed by atoms with E-state index >= 15 is 0 Å². The molecular weight excluding hydrogens is 386 g/mol. The van der Waals surface area contributed by atoms with Crippen molar-refractivity contribution in [1.29, 1.82) is 0 Å². The van der Waals surface area contributed by atoms with Crippen LogP contribution in [-0.2, 0) is 9.53 Å². The molecule has 6 nitrogen and oxygen atoms in total. The minimum Gasteiger partial charge on any atom is -0.444 e. The number of carbonyl (C=O) groups excluding carboxylic acids is 2. The van der Waals surface area contributed by atoms with Gasteiger partial charge in [0.2, 0.25) is 5.91 Å². The maximum atomic E-state index is 12.8. The van der Waals surface area contributed by atoms with E-state index in [0.29, 0.717) is 13.0 Å². The quantitative estimate of drug-likeness (QED) is 0.786. The number of ether oxygens (including phenoxy) is 1. The third-order valence-electron chi connectivity index (χ3n) is 4.96. The zero-order chi connectivity index (χ0) is 21.2. The molecule has 1 fully saturated rings. The number of hydrogen-bond acceptors (Lipinski definition) is 5. The molecule has 3 rings (SSSR count). The number of benzene rings is 1. The largest absolute Gasteiger partial charge is 0.444 e. The fourth-order valence-corrected chi connectivity index (χ4v) is 4.29. The Kier molecular flexibility index (Phi) is 6.27. The number of rotatable bonds is 4. The Bertz CT molecular complexity index is 870. The predicted octanol–water partition coefficient (Wildman–Crippen LogP) is 4.70. The normalized spacial score (nSPS) is 17.8. The minimum absolute atomic E-state index is 0.136. The molecule has 1 N–H and O–H groups in total. The molecule has 29 heavy (non-hydrogen) atoms. The maximum Gasteiger partial charge on any atom is 0.410 e. The molecule has 0 bridgehead atoms. The first-order valence-electron chi connectivity index (χ1n) is 9.96. The summed E-state index contributed by atoms with van der Waals surface area (Å²) in [7, 11) is 0. The number of carbonyl (C=O) groups is 2. The first-order chi connectivity index (χ1) is 13.7. The number of thiazole rings is 1. The van der Waals surface area contributed by atoms with Crippen LogP contribution in [0.15, 0.2) is 29.8 Å². The molecule has 2 heterocycles. The number of hydrogen-bond donors (Lipinski definition) is 1. The van der Waals surface area contributed by atoms with Crippen LogP contribution in [0, 0.1) is 6.92 Å². The first kappa shape index (κ1) is 21.3. The number of nitrogens with one attached hydrogen (secondary N) is 1. The van der Waals surface area contributed by atoms with E-state index < -0.39 is 17.7 Å². The van der Waals surface area contributed by atoms with Crippen LogP contribution in [0.5, 0.6) is 0 Å². The van der Waals surface area contributed by atoms with Crippen molar-refractivity contribution in [3.8, 4) is 10.4 Å². The van der Waals surface area contributed by atoms with Crippen molar-refractivity contribution in [2.75, 3.05) is 6.54 Å². The molecule has 0 saturated carbocycles. The van der Waals surface area contributed by atoms with Crippen molar-refractivity contribution in [2.24, 2.45) is 0 Å². The minimum atomic E-state index is -0.577. The van der Waals surface area contributed by atoms with Crippen LogP contribution in [-0.4, -0.2) is 40.1 Å². The van der Waals surface area contributed by atoms with Crippen LogP contribution in [0.2, 0.25) is 0 Å². The van der Waals surface area contributed by atoms with Gasteiger partial charge in [-0.3, -0.25) is 9.69 Å². The summed E-state index contributed by atoms with van der Waals surface area (Å²) >= 11 is 1.62. The molecule has 2 unspecified atom stereocenters. The number of likely N-dealkylation sites (tertiary alicyclic amines) is 1. The molecular formula is C22H29N3O3S. The van der Waals surface area contributed by atoms with Gasteiger partial charge in [0, 0.05) is 6.54 Å². The van der Waals surface area contributed by atoms with E-state index in [9.17, 15) is 9.59 Å². The maximum absolute atomic E-state index is 12.8. The topological polar surface area (TPSA) is 71.5 Å². The average molecular weight is 416 g/mol. The molecule has 1 aliphatic rings. The average Bonchev–Trinajstić information content (AvgIpc) is 3.29. The summed E-state index contributed by atoms with van der Waals surface area (Å²) in [5, 5.41) is 3.05. The number of aromatic nitrogens is 1. The molecule has 7 heteroatoms. The molecule has 0 radical (unpaired) electrons. The molecule has 2 aromatic rings. The Hall–Kier alpha value is -2.41. The van der Waals surface area contributed by atoms with Gasteiger partial charge in [0.1, 0.15) is 11.6 Å². The smallest absolute Gasteiger partial charge is 0.410 e. The van der Waals surface area contributed by atoms with Crippen LogP contribution in [0.4, 0.5) is 4.79 Å². The van der Waals surface area contributed by atoms with Gasteiger partial charge in [0.25, 0.3) is 0 Å². The number of nitrogens with zero attached hydrogens (tertiary/aromatic N) is 2. The molecule has 1 saturated heterocycles. The third kappa shape index (κ3) is 5.15. The van der Waals surface area contributed by atoms with Crippen molar-refractivity contribution in [1.82, 2.24) is 15.2 Å². The number of aryl methyl sites for hydroxylation is 1. The second-order valence-electron chi connectivity index (χ2n) is 8.45. The van der Waals surface area contributed by atoms with Crippen LogP contribution < -0.4 is 5.32 Å². The van der Waals surface area contributed by atoms with Gasteiger partial charge < -0.3 is 10.1 Å². The van der Waals surface area contributed by atoms with Gasteiger partial charge >= 0.3 is 6.09 Å². The lowest BCUT2D eigenvalue weighted by molar-refractivity contribution is -0.126. The summed E-state index contributed by atoms with van der Waals surface area (Å²) < 4.78 is 5.45. The predicted molar refractivity (Wildman–Crippen MR) is 115 cm³/mol. The lowest BCUT2D eigenvalue weighted by Crippen LogP contribution is -2.48. The lowest BCUT2D eigenvalue weighted by atomic mass is 10.0. The van der Waals surface area contributed by atoms with Gasteiger partial charge in [-0.2, -0.15) is 0 Å². The summed E-state index contributed by atoms with van der Waals surface area (Å²) in [4.78, 5) is 32.3. The molecule has 2 amide bonds. The monoisotopic (exact) mass is 415 g/mol. The summed E-state index contributed by atoms with van der Waals surface area (Å²) in [5.41, 5.74) is 4.43. The zero-order valence-corrected chi connectivity index (χ0v) is 18.5. The Labute approximate surface area is 176 Å². The van der Waals surface area contributed by atoms with E-state index in [2.05, 4.69) is 22.4 Å². The van der Waals surface area contributed by atoms with Crippen LogP contribution in [0.3, 0.4) is 0 Å². The van der Waals surface area contributed by atoms with E-state index in [4.69, 9.17) is 4.74 Å². The van der Waals surface area contributed by atoms with E-state index in [1.165, 1.54) is 0 Å². The van der Waals surface area contributed by atoms with Gasteiger partial charge in [-0.05, 0) is 58.6 Å². The molecule has 1 aromatic carbocycles. The highest BCUT2D eigenvalue weighted by molar-refractivity contribution is 7.13. The highest BCUT2D eigenvalue weighted by atomic mass is 32.1. The summed E-state index contributed by atoms with van der Waals surface area (Å²) in [5.74, 6) is -0.136. The van der Waals surface area contributed by atoms with Crippen molar-refractivity contribution in [3.05, 3.63) is 41.0 Å².